The average molecular weight is 202 g/mol. The summed E-state index contributed by atoms with van der Waals surface area (Å²) in [6, 6.07) is 10.7. The highest BCUT2D eigenvalue weighted by molar-refractivity contribution is 5.53. The van der Waals surface area contributed by atoms with E-state index in [0.29, 0.717) is 11.8 Å². The molecule has 1 nitrogen and oxygen atoms in total. The summed E-state index contributed by atoms with van der Waals surface area (Å²) in [5.41, 5.74) is 1.45. The van der Waals surface area contributed by atoms with Gasteiger partial charge >= 0.3 is 0 Å². The number of carbonyl (C=O) groups excluding carboxylic acids is 1. The first-order chi connectivity index (χ1) is 7.40. The van der Waals surface area contributed by atoms with Gasteiger partial charge in [-0.1, -0.05) is 36.8 Å². The Morgan fingerprint density at radius 3 is 2.53 bits per heavy atom. The molecule has 2 atom stereocenters. The molecule has 0 unspecified atom stereocenters. The topological polar surface area (TPSA) is 17.1 Å². The van der Waals surface area contributed by atoms with E-state index in [4.69, 9.17) is 0 Å². The predicted molar refractivity (Wildman–Crippen MR) is 61.8 cm³/mol. The fourth-order valence-corrected chi connectivity index (χ4v) is 2.52. The Balaban J connectivity index is 2.02. The molecule has 0 N–H and O–H groups in total. The molecule has 0 radical (unpaired) electrons. The van der Waals surface area contributed by atoms with Crippen molar-refractivity contribution in [3.63, 3.8) is 0 Å². The van der Waals surface area contributed by atoms with E-state index in [9.17, 15) is 4.79 Å². The normalized spacial score (nSPS) is 26.9. The van der Waals surface area contributed by atoms with E-state index in [1.165, 1.54) is 24.8 Å². The molecule has 0 aliphatic heterocycles. The minimum Gasteiger partial charge on any atom is -0.303 e. The van der Waals surface area contributed by atoms with E-state index in [-0.39, 0.29) is 0 Å². The van der Waals surface area contributed by atoms with Crippen molar-refractivity contribution < 1.29 is 4.79 Å². The standard InChI is InChI=1S/C14H18O/c15-11-12-5-4-8-14(10-9-12)13-6-2-1-3-7-13/h1-3,6-7,11-12,14H,4-5,8-10H2/t12-,14-/m0/s1. The van der Waals surface area contributed by atoms with Crippen molar-refractivity contribution in [2.75, 3.05) is 0 Å². The van der Waals surface area contributed by atoms with Crippen LogP contribution in [0, 0.1) is 5.92 Å². The van der Waals surface area contributed by atoms with Gasteiger partial charge in [0.25, 0.3) is 0 Å². The number of rotatable bonds is 2. The Labute approximate surface area is 91.5 Å². The van der Waals surface area contributed by atoms with Crippen LogP contribution in [0.25, 0.3) is 0 Å². The van der Waals surface area contributed by atoms with E-state index in [2.05, 4.69) is 30.3 Å². The second-order valence-corrected chi connectivity index (χ2v) is 4.51. The minimum atomic E-state index is 0.318. The van der Waals surface area contributed by atoms with Crippen LogP contribution in [0.2, 0.25) is 0 Å². The van der Waals surface area contributed by atoms with Crippen LogP contribution in [-0.4, -0.2) is 6.29 Å². The van der Waals surface area contributed by atoms with Gasteiger partial charge in [0, 0.05) is 5.92 Å². The molecule has 1 heteroatoms. The van der Waals surface area contributed by atoms with Crippen LogP contribution in [0.4, 0.5) is 0 Å². The zero-order valence-electron chi connectivity index (χ0n) is 9.06. The van der Waals surface area contributed by atoms with Gasteiger partial charge in [0.1, 0.15) is 6.29 Å². The van der Waals surface area contributed by atoms with Crippen LogP contribution >= 0.6 is 0 Å². The van der Waals surface area contributed by atoms with E-state index in [1.54, 1.807) is 0 Å². The van der Waals surface area contributed by atoms with E-state index in [1.807, 2.05) is 0 Å². The summed E-state index contributed by atoms with van der Waals surface area (Å²) < 4.78 is 0. The summed E-state index contributed by atoms with van der Waals surface area (Å²) in [5.74, 6) is 0.995. The van der Waals surface area contributed by atoms with Gasteiger partial charge in [-0.3, -0.25) is 0 Å². The Morgan fingerprint density at radius 2 is 1.80 bits per heavy atom. The summed E-state index contributed by atoms with van der Waals surface area (Å²) in [6.07, 6.45) is 6.92. The molecule has 1 aromatic rings. The predicted octanol–water partition coefficient (Wildman–Crippen LogP) is 3.55. The van der Waals surface area contributed by atoms with Crippen LogP contribution in [0.1, 0.15) is 43.6 Å². The van der Waals surface area contributed by atoms with Crippen molar-refractivity contribution in [3.8, 4) is 0 Å². The molecule has 1 saturated carbocycles. The maximum atomic E-state index is 10.8. The van der Waals surface area contributed by atoms with Crippen molar-refractivity contribution in [2.24, 2.45) is 5.92 Å². The zero-order chi connectivity index (χ0) is 10.5. The highest BCUT2D eigenvalue weighted by Crippen LogP contribution is 2.33. The molecule has 0 bridgehead atoms. The fourth-order valence-electron chi connectivity index (χ4n) is 2.52. The van der Waals surface area contributed by atoms with Crippen molar-refractivity contribution in [1.29, 1.82) is 0 Å². The van der Waals surface area contributed by atoms with E-state index < -0.39 is 0 Å². The van der Waals surface area contributed by atoms with Gasteiger partial charge in [-0.15, -0.1) is 0 Å². The summed E-state index contributed by atoms with van der Waals surface area (Å²) in [5, 5.41) is 0. The van der Waals surface area contributed by atoms with Crippen LogP contribution < -0.4 is 0 Å². The molecule has 0 spiro atoms. The Hall–Kier alpha value is -1.11. The quantitative estimate of drug-likeness (QED) is 0.529. The molecule has 1 aliphatic rings. The monoisotopic (exact) mass is 202 g/mol. The van der Waals surface area contributed by atoms with Crippen molar-refractivity contribution in [2.45, 2.75) is 38.0 Å². The van der Waals surface area contributed by atoms with Crippen molar-refractivity contribution in [3.05, 3.63) is 35.9 Å². The number of hydrogen-bond acceptors (Lipinski definition) is 1. The lowest BCUT2D eigenvalue weighted by Crippen LogP contribution is -2.00. The largest absolute Gasteiger partial charge is 0.303 e. The number of benzene rings is 1. The van der Waals surface area contributed by atoms with Gasteiger partial charge in [0.15, 0.2) is 0 Å². The third-order valence-electron chi connectivity index (χ3n) is 3.48. The summed E-state index contributed by atoms with van der Waals surface area (Å²) in [6.45, 7) is 0. The maximum absolute atomic E-state index is 10.8. The van der Waals surface area contributed by atoms with Crippen LogP contribution in [0.3, 0.4) is 0 Å². The van der Waals surface area contributed by atoms with Gasteiger partial charge < -0.3 is 4.79 Å². The molecular weight excluding hydrogens is 184 g/mol. The molecule has 0 saturated heterocycles. The van der Waals surface area contributed by atoms with Gasteiger partial charge in [0.2, 0.25) is 0 Å². The first-order valence-corrected chi connectivity index (χ1v) is 5.90. The minimum absolute atomic E-state index is 0.318. The van der Waals surface area contributed by atoms with E-state index in [0.717, 1.165) is 19.1 Å². The lowest BCUT2D eigenvalue weighted by Gasteiger charge is -2.13. The molecule has 1 aliphatic carbocycles. The smallest absolute Gasteiger partial charge is 0.123 e. The summed E-state index contributed by atoms with van der Waals surface area (Å²) >= 11 is 0. The summed E-state index contributed by atoms with van der Waals surface area (Å²) in [7, 11) is 0. The van der Waals surface area contributed by atoms with Gasteiger partial charge in [-0.05, 0) is 37.2 Å². The van der Waals surface area contributed by atoms with Gasteiger partial charge in [-0.25, -0.2) is 0 Å². The first kappa shape index (κ1) is 10.4. The van der Waals surface area contributed by atoms with Crippen LogP contribution in [0.5, 0.6) is 0 Å². The maximum Gasteiger partial charge on any atom is 0.123 e. The van der Waals surface area contributed by atoms with Gasteiger partial charge in [-0.2, -0.15) is 0 Å². The molecule has 0 heterocycles. The highest BCUT2D eigenvalue weighted by atomic mass is 16.1. The summed E-state index contributed by atoms with van der Waals surface area (Å²) in [4.78, 5) is 10.8. The Morgan fingerprint density at radius 1 is 1.00 bits per heavy atom. The molecule has 15 heavy (non-hydrogen) atoms. The highest BCUT2D eigenvalue weighted by Gasteiger charge is 2.19. The first-order valence-electron chi connectivity index (χ1n) is 5.90. The molecule has 2 rings (SSSR count). The number of hydrogen-bond donors (Lipinski definition) is 0. The van der Waals surface area contributed by atoms with Crippen molar-refractivity contribution in [1.82, 2.24) is 0 Å². The lowest BCUT2D eigenvalue weighted by atomic mass is 9.91. The molecule has 0 amide bonds. The van der Waals surface area contributed by atoms with Crippen LogP contribution in [-0.2, 0) is 4.79 Å². The molecule has 1 fully saturated rings. The fraction of sp³-hybridized carbons (Fsp3) is 0.500. The second kappa shape index (κ2) is 5.11. The molecule has 1 aromatic carbocycles. The molecular formula is C14H18O. The van der Waals surface area contributed by atoms with Crippen molar-refractivity contribution >= 4 is 6.29 Å². The third-order valence-corrected chi connectivity index (χ3v) is 3.48. The SMILES string of the molecule is O=C[C@H]1CCC[C@H](c2ccccc2)CC1. The molecule has 0 aromatic heterocycles. The number of aldehydes is 1. The lowest BCUT2D eigenvalue weighted by molar-refractivity contribution is -0.111. The average Bonchev–Trinajstić information content (AvgIpc) is 2.55. The van der Waals surface area contributed by atoms with Crippen LogP contribution in [0.15, 0.2) is 30.3 Å². The molecule has 80 valence electrons. The Bertz CT molecular complexity index is 304. The second-order valence-electron chi connectivity index (χ2n) is 4.51. The number of carbonyl (C=O) groups is 1. The van der Waals surface area contributed by atoms with E-state index >= 15 is 0 Å². The zero-order valence-corrected chi connectivity index (χ0v) is 9.06. The Kier molecular flexibility index (Phi) is 3.54. The third kappa shape index (κ3) is 2.68. The van der Waals surface area contributed by atoms with Gasteiger partial charge in [0.05, 0.1) is 0 Å².